The van der Waals surface area contributed by atoms with Gasteiger partial charge in [0.2, 0.25) is 0 Å². The first-order valence-corrected chi connectivity index (χ1v) is 7.30. The normalized spacial score (nSPS) is 11.5. The molecule has 0 saturated carbocycles. The lowest BCUT2D eigenvalue weighted by Gasteiger charge is -2.10. The number of halogens is 2. The molecule has 0 amide bonds. The van der Waals surface area contributed by atoms with Gasteiger partial charge in [-0.3, -0.25) is 9.40 Å². The maximum atomic E-state index is 12.2. The second-order valence-corrected chi connectivity index (χ2v) is 6.25. The predicted molar refractivity (Wildman–Crippen MR) is 74.9 cm³/mol. The molecule has 6 nitrogen and oxygen atoms in total. The highest BCUT2D eigenvalue weighted by molar-refractivity contribution is 7.93. The first-order chi connectivity index (χ1) is 8.79. The summed E-state index contributed by atoms with van der Waals surface area (Å²) < 4.78 is 28.1. The molecule has 1 aromatic heterocycles. The Balaban J connectivity index is 2.45. The van der Waals surface area contributed by atoms with Crippen LogP contribution in [0.3, 0.4) is 0 Å². The van der Waals surface area contributed by atoms with Crippen molar-refractivity contribution >= 4 is 44.7 Å². The average Bonchev–Trinajstić information content (AvgIpc) is 2.60. The van der Waals surface area contributed by atoms with Crippen molar-refractivity contribution in [3.63, 3.8) is 0 Å². The Kier molecular flexibility index (Phi) is 3.62. The van der Waals surface area contributed by atoms with Gasteiger partial charge in [0.05, 0.1) is 10.7 Å². The minimum Gasteiger partial charge on any atom is -0.398 e. The Bertz CT molecular complexity index is 704. The van der Waals surface area contributed by atoms with Gasteiger partial charge in [0, 0.05) is 24.3 Å². The number of nitrogens with zero attached hydrogens (tertiary/aromatic N) is 2. The van der Waals surface area contributed by atoms with Gasteiger partial charge in [-0.25, -0.2) is 8.42 Å². The molecule has 19 heavy (non-hydrogen) atoms. The van der Waals surface area contributed by atoms with Crippen molar-refractivity contribution in [3.8, 4) is 0 Å². The first-order valence-electron chi connectivity index (χ1n) is 5.06. The summed E-state index contributed by atoms with van der Waals surface area (Å²) in [4.78, 5) is -0.218. The highest BCUT2D eigenvalue weighted by atomic mass is 35.5. The summed E-state index contributed by atoms with van der Waals surface area (Å²) in [6, 6.07) is 4.14. The Morgan fingerprint density at radius 1 is 1.37 bits per heavy atom. The number of hydrogen-bond acceptors (Lipinski definition) is 4. The van der Waals surface area contributed by atoms with Crippen molar-refractivity contribution in [1.29, 1.82) is 0 Å². The van der Waals surface area contributed by atoms with Crippen LogP contribution in [0.15, 0.2) is 29.3 Å². The third-order valence-corrected chi connectivity index (χ3v) is 4.36. The lowest BCUT2D eigenvalue weighted by Crippen LogP contribution is -2.16. The number of aromatic nitrogens is 2. The highest BCUT2D eigenvalue weighted by Gasteiger charge is 2.22. The molecule has 0 aliphatic carbocycles. The first kappa shape index (κ1) is 14.0. The number of hydrogen-bond donors (Lipinski definition) is 2. The molecule has 0 fully saturated rings. The molecular formula is C10H10Cl2N4O2S. The monoisotopic (exact) mass is 320 g/mol. The largest absolute Gasteiger partial charge is 0.398 e. The molecule has 0 aliphatic rings. The third-order valence-electron chi connectivity index (χ3n) is 2.26. The standard InChI is InChI=1S/C10H10Cl2N4O2S/c1-16-3-2-9(14-16)15-19(17,18)10-7(12)4-6(11)5-8(10)13/h2-5H,13H2,1H3,(H,14,15). The van der Waals surface area contributed by atoms with Gasteiger partial charge in [0.15, 0.2) is 5.82 Å². The highest BCUT2D eigenvalue weighted by Crippen LogP contribution is 2.32. The number of benzene rings is 1. The Labute approximate surface area is 120 Å². The zero-order valence-electron chi connectivity index (χ0n) is 9.76. The Morgan fingerprint density at radius 2 is 2.05 bits per heavy atom. The molecule has 0 aliphatic heterocycles. The van der Waals surface area contributed by atoms with Crippen molar-refractivity contribution in [3.05, 3.63) is 34.4 Å². The van der Waals surface area contributed by atoms with Crippen LogP contribution in [0.5, 0.6) is 0 Å². The van der Waals surface area contributed by atoms with E-state index in [1.54, 1.807) is 13.2 Å². The summed E-state index contributed by atoms with van der Waals surface area (Å²) >= 11 is 11.6. The van der Waals surface area contributed by atoms with Gasteiger partial charge < -0.3 is 5.73 Å². The van der Waals surface area contributed by atoms with E-state index < -0.39 is 10.0 Å². The zero-order valence-corrected chi connectivity index (χ0v) is 12.1. The Morgan fingerprint density at radius 3 is 2.58 bits per heavy atom. The van der Waals surface area contributed by atoms with Gasteiger partial charge >= 0.3 is 0 Å². The van der Waals surface area contributed by atoms with E-state index in [4.69, 9.17) is 28.9 Å². The summed E-state index contributed by atoms with van der Waals surface area (Å²) in [5.41, 5.74) is 5.63. The fraction of sp³-hybridized carbons (Fsp3) is 0.100. The second-order valence-electron chi connectivity index (χ2n) is 3.79. The lowest BCUT2D eigenvalue weighted by molar-refractivity contribution is 0.601. The van der Waals surface area contributed by atoms with Gasteiger partial charge in [0.25, 0.3) is 10.0 Å². The van der Waals surface area contributed by atoms with E-state index in [0.29, 0.717) is 0 Å². The van der Waals surface area contributed by atoms with Crippen molar-refractivity contribution < 1.29 is 8.42 Å². The minimum absolute atomic E-state index is 0.0269. The summed E-state index contributed by atoms with van der Waals surface area (Å²) in [5, 5.41) is 4.13. The van der Waals surface area contributed by atoms with Crippen LogP contribution >= 0.6 is 23.2 Å². The van der Waals surface area contributed by atoms with Crippen molar-refractivity contribution in [1.82, 2.24) is 9.78 Å². The molecule has 0 unspecified atom stereocenters. The van der Waals surface area contributed by atoms with Gasteiger partial charge in [0.1, 0.15) is 4.90 Å². The maximum absolute atomic E-state index is 12.2. The summed E-state index contributed by atoms with van der Waals surface area (Å²) in [6.45, 7) is 0. The Hall–Kier alpha value is -1.44. The number of nitrogens with two attached hydrogens (primary N) is 1. The van der Waals surface area contributed by atoms with Crippen LogP contribution in [0, 0.1) is 0 Å². The topological polar surface area (TPSA) is 90.0 Å². The number of rotatable bonds is 3. The fourth-order valence-corrected chi connectivity index (χ4v) is 3.51. The molecular weight excluding hydrogens is 311 g/mol. The van der Waals surface area contributed by atoms with Crippen LogP contribution in [0.1, 0.15) is 0 Å². The molecule has 0 radical (unpaired) electrons. The van der Waals surface area contributed by atoms with Crippen LogP contribution in [0.4, 0.5) is 11.5 Å². The molecule has 2 rings (SSSR count). The van der Waals surface area contributed by atoms with Crippen LogP contribution < -0.4 is 10.5 Å². The quantitative estimate of drug-likeness (QED) is 0.847. The van der Waals surface area contributed by atoms with Crippen LogP contribution in [-0.4, -0.2) is 18.2 Å². The van der Waals surface area contributed by atoms with Crippen LogP contribution in [0.25, 0.3) is 0 Å². The molecule has 2 aromatic rings. The molecule has 102 valence electrons. The van der Waals surface area contributed by atoms with Crippen molar-refractivity contribution in [2.24, 2.45) is 7.05 Å². The van der Waals surface area contributed by atoms with Crippen molar-refractivity contribution in [2.45, 2.75) is 4.90 Å². The smallest absolute Gasteiger partial charge is 0.266 e. The number of anilines is 2. The van der Waals surface area contributed by atoms with Gasteiger partial charge in [-0.2, -0.15) is 5.10 Å². The molecule has 0 saturated heterocycles. The molecule has 0 atom stereocenters. The van der Waals surface area contributed by atoms with Crippen LogP contribution in [-0.2, 0) is 17.1 Å². The van der Waals surface area contributed by atoms with E-state index >= 15 is 0 Å². The molecule has 0 bridgehead atoms. The van der Waals surface area contributed by atoms with Gasteiger partial charge in [-0.15, -0.1) is 0 Å². The molecule has 0 spiro atoms. The summed E-state index contributed by atoms with van der Waals surface area (Å²) in [7, 11) is -2.25. The van der Waals surface area contributed by atoms with E-state index in [1.165, 1.54) is 22.9 Å². The number of nitrogens with one attached hydrogen (secondary N) is 1. The third kappa shape index (κ3) is 2.94. The summed E-state index contributed by atoms with van der Waals surface area (Å²) in [5.74, 6) is 0.174. The predicted octanol–water partition coefficient (Wildman–Crippen LogP) is 2.11. The number of aryl methyl sites for hydroxylation is 1. The van der Waals surface area contributed by atoms with E-state index in [1.807, 2.05) is 0 Å². The van der Waals surface area contributed by atoms with Gasteiger partial charge in [-0.1, -0.05) is 23.2 Å². The minimum atomic E-state index is -3.92. The summed E-state index contributed by atoms with van der Waals surface area (Å²) in [6.07, 6.45) is 1.60. The molecule has 3 N–H and O–H groups in total. The lowest BCUT2D eigenvalue weighted by atomic mass is 10.3. The maximum Gasteiger partial charge on any atom is 0.266 e. The number of nitrogen functional groups attached to an aromatic ring is 1. The van der Waals surface area contributed by atoms with E-state index in [-0.39, 0.29) is 26.4 Å². The molecule has 9 heteroatoms. The second kappa shape index (κ2) is 4.92. The fourth-order valence-electron chi connectivity index (χ4n) is 1.52. The van der Waals surface area contributed by atoms with E-state index in [0.717, 1.165) is 0 Å². The molecule has 1 heterocycles. The SMILES string of the molecule is Cn1ccc(NS(=O)(=O)c2c(N)cc(Cl)cc2Cl)n1. The number of sulfonamides is 1. The molecule has 1 aromatic carbocycles. The average molecular weight is 321 g/mol. The van der Waals surface area contributed by atoms with E-state index in [2.05, 4.69) is 9.82 Å². The van der Waals surface area contributed by atoms with Crippen LogP contribution in [0.2, 0.25) is 10.0 Å². The van der Waals surface area contributed by atoms with E-state index in [9.17, 15) is 8.42 Å². The zero-order chi connectivity index (χ0) is 14.2. The van der Waals surface area contributed by atoms with Gasteiger partial charge in [-0.05, 0) is 12.1 Å². The van der Waals surface area contributed by atoms with Crippen molar-refractivity contribution in [2.75, 3.05) is 10.5 Å².